The Kier molecular flexibility index (Phi) is 3.83. The summed E-state index contributed by atoms with van der Waals surface area (Å²) in [5.74, 6) is 1.14. The molecule has 1 saturated heterocycles. The van der Waals surface area contributed by atoms with E-state index in [-0.39, 0.29) is 5.69 Å². The molecule has 2 atom stereocenters. The fourth-order valence-electron chi connectivity index (χ4n) is 2.90. The maximum absolute atomic E-state index is 11.2. The van der Waals surface area contributed by atoms with Crippen LogP contribution in [0.5, 0.6) is 0 Å². The normalized spacial score (nSPS) is 23.2. The van der Waals surface area contributed by atoms with Gasteiger partial charge in [-0.25, -0.2) is 0 Å². The third-order valence-corrected chi connectivity index (χ3v) is 3.56. The van der Waals surface area contributed by atoms with Crippen LogP contribution in [0.2, 0.25) is 0 Å². The van der Waals surface area contributed by atoms with Crippen molar-refractivity contribution >= 4 is 17.7 Å². The number of carbonyl (C=O) groups is 1. The fraction of sp³-hybridized carbons (Fsp3) is 0.500. The van der Waals surface area contributed by atoms with Gasteiger partial charge in [-0.2, -0.15) is 0 Å². The van der Waals surface area contributed by atoms with Crippen molar-refractivity contribution in [1.29, 1.82) is 0 Å². The van der Waals surface area contributed by atoms with Crippen LogP contribution in [0.4, 0.5) is 11.4 Å². The van der Waals surface area contributed by atoms with Gasteiger partial charge in [-0.1, -0.05) is 13.8 Å². The van der Waals surface area contributed by atoms with Crippen LogP contribution in [-0.2, 0) is 0 Å². The Morgan fingerprint density at radius 3 is 2.47 bits per heavy atom. The summed E-state index contributed by atoms with van der Waals surface area (Å²) < 4.78 is 0. The van der Waals surface area contributed by atoms with Crippen molar-refractivity contribution in [3.8, 4) is 0 Å². The highest BCUT2D eigenvalue weighted by Gasteiger charge is 2.24. The number of anilines is 1. The summed E-state index contributed by atoms with van der Waals surface area (Å²) in [5, 5.41) is 10.7. The average molecular weight is 262 g/mol. The number of carbonyl (C=O) groups excluding carboxylic acids is 1. The highest BCUT2D eigenvalue weighted by molar-refractivity contribution is 5.86. The van der Waals surface area contributed by atoms with E-state index in [4.69, 9.17) is 0 Å². The van der Waals surface area contributed by atoms with Gasteiger partial charge in [0.2, 0.25) is 0 Å². The summed E-state index contributed by atoms with van der Waals surface area (Å²) in [6.45, 7) is 6.16. The van der Waals surface area contributed by atoms with Crippen molar-refractivity contribution in [2.45, 2.75) is 20.3 Å². The molecular formula is C14H18N2O3. The molecule has 0 radical (unpaired) electrons. The number of aldehydes is 1. The first-order chi connectivity index (χ1) is 9.01. The smallest absolute Gasteiger partial charge is 0.270 e. The Morgan fingerprint density at radius 2 is 1.95 bits per heavy atom. The minimum atomic E-state index is -0.474. The third kappa shape index (κ3) is 2.92. The molecule has 0 aliphatic carbocycles. The lowest BCUT2D eigenvalue weighted by molar-refractivity contribution is -0.384. The molecule has 102 valence electrons. The van der Waals surface area contributed by atoms with E-state index >= 15 is 0 Å². The van der Waals surface area contributed by atoms with Crippen LogP contribution in [-0.4, -0.2) is 24.3 Å². The number of hydrogen-bond acceptors (Lipinski definition) is 4. The van der Waals surface area contributed by atoms with E-state index in [0.29, 0.717) is 23.7 Å². The number of benzene rings is 1. The topological polar surface area (TPSA) is 63.4 Å². The Balaban J connectivity index is 2.33. The van der Waals surface area contributed by atoms with Crippen LogP contribution >= 0.6 is 0 Å². The number of rotatable bonds is 3. The van der Waals surface area contributed by atoms with Crippen LogP contribution in [0.15, 0.2) is 18.2 Å². The second kappa shape index (κ2) is 5.38. The summed E-state index contributed by atoms with van der Waals surface area (Å²) in [4.78, 5) is 23.6. The molecule has 0 amide bonds. The molecule has 1 aromatic carbocycles. The number of non-ortho nitro benzene ring substituents is 1. The molecule has 1 fully saturated rings. The van der Waals surface area contributed by atoms with Crippen LogP contribution in [0, 0.1) is 22.0 Å². The van der Waals surface area contributed by atoms with E-state index in [2.05, 4.69) is 18.7 Å². The number of nitro groups is 1. The summed E-state index contributed by atoms with van der Waals surface area (Å²) in [5.41, 5.74) is 1.17. The zero-order valence-corrected chi connectivity index (χ0v) is 11.2. The highest BCUT2D eigenvalue weighted by atomic mass is 16.6. The van der Waals surface area contributed by atoms with Gasteiger partial charge in [0.15, 0.2) is 6.29 Å². The fourth-order valence-corrected chi connectivity index (χ4v) is 2.90. The average Bonchev–Trinajstić information content (AvgIpc) is 2.36. The number of hydrogen-bond donors (Lipinski definition) is 0. The number of nitrogens with zero attached hydrogens (tertiary/aromatic N) is 2. The van der Waals surface area contributed by atoms with Crippen LogP contribution in [0.25, 0.3) is 0 Å². The molecule has 0 N–H and O–H groups in total. The second-order valence-corrected chi connectivity index (χ2v) is 5.47. The Morgan fingerprint density at radius 1 is 1.32 bits per heavy atom. The van der Waals surface area contributed by atoms with E-state index in [1.807, 2.05) is 0 Å². The van der Waals surface area contributed by atoms with Gasteiger partial charge in [-0.3, -0.25) is 14.9 Å². The second-order valence-electron chi connectivity index (χ2n) is 5.47. The minimum absolute atomic E-state index is 0.0380. The van der Waals surface area contributed by atoms with Gasteiger partial charge < -0.3 is 4.90 Å². The quantitative estimate of drug-likeness (QED) is 0.477. The van der Waals surface area contributed by atoms with Gasteiger partial charge in [0.1, 0.15) is 0 Å². The zero-order chi connectivity index (χ0) is 14.0. The standard InChI is InChI=1S/C14H18N2O3/c1-10-5-11(2)8-15(7-10)14-4-3-13(16(18)19)6-12(14)9-17/h3-4,6,9-11H,5,7-8H2,1-2H3. The van der Waals surface area contributed by atoms with Crippen LogP contribution in [0.3, 0.4) is 0 Å². The van der Waals surface area contributed by atoms with E-state index < -0.39 is 4.92 Å². The molecule has 0 saturated carbocycles. The molecule has 1 aromatic rings. The molecule has 1 aliphatic rings. The number of nitro benzene ring substituents is 1. The molecule has 0 aromatic heterocycles. The Bertz CT molecular complexity index is 491. The molecule has 2 rings (SSSR count). The van der Waals surface area contributed by atoms with E-state index in [0.717, 1.165) is 18.8 Å². The molecule has 2 unspecified atom stereocenters. The summed E-state index contributed by atoms with van der Waals surface area (Å²) in [7, 11) is 0. The Labute approximate surface area is 112 Å². The maximum Gasteiger partial charge on any atom is 0.270 e. The van der Waals surface area contributed by atoms with Crippen molar-refractivity contribution in [1.82, 2.24) is 0 Å². The zero-order valence-electron chi connectivity index (χ0n) is 11.2. The van der Waals surface area contributed by atoms with Crippen molar-refractivity contribution in [2.24, 2.45) is 11.8 Å². The highest BCUT2D eigenvalue weighted by Crippen LogP contribution is 2.30. The molecular weight excluding hydrogens is 244 g/mol. The number of piperidine rings is 1. The first-order valence-corrected chi connectivity index (χ1v) is 6.49. The molecule has 5 heteroatoms. The molecule has 19 heavy (non-hydrogen) atoms. The van der Waals surface area contributed by atoms with E-state index in [1.165, 1.54) is 18.6 Å². The van der Waals surface area contributed by atoms with Crippen molar-refractivity contribution in [3.05, 3.63) is 33.9 Å². The van der Waals surface area contributed by atoms with Gasteiger partial charge in [-0.05, 0) is 24.3 Å². The van der Waals surface area contributed by atoms with Crippen molar-refractivity contribution in [3.63, 3.8) is 0 Å². The van der Waals surface area contributed by atoms with Gasteiger partial charge in [0.25, 0.3) is 5.69 Å². The molecule has 1 heterocycles. The van der Waals surface area contributed by atoms with Crippen LogP contribution < -0.4 is 4.90 Å². The lowest BCUT2D eigenvalue weighted by Crippen LogP contribution is -2.39. The van der Waals surface area contributed by atoms with E-state index in [1.54, 1.807) is 6.07 Å². The third-order valence-electron chi connectivity index (χ3n) is 3.56. The van der Waals surface area contributed by atoms with Gasteiger partial charge in [0, 0.05) is 36.5 Å². The minimum Gasteiger partial charge on any atom is -0.370 e. The summed E-state index contributed by atoms with van der Waals surface area (Å²) in [6.07, 6.45) is 1.88. The van der Waals surface area contributed by atoms with Gasteiger partial charge in [-0.15, -0.1) is 0 Å². The largest absolute Gasteiger partial charge is 0.370 e. The maximum atomic E-state index is 11.2. The molecule has 1 aliphatic heterocycles. The Hall–Kier alpha value is -1.91. The molecule has 0 spiro atoms. The first-order valence-electron chi connectivity index (χ1n) is 6.49. The van der Waals surface area contributed by atoms with Crippen molar-refractivity contribution < 1.29 is 9.72 Å². The predicted molar refractivity (Wildman–Crippen MR) is 73.6 cm³/mol. The summed E-state index contributed by atoms with van der Waals surface area (Å²) >= 11 is 0. The lowest BCUT2D eigenvalue weighted by Gasteiger charge is -2.37. The lowest BCUT2D eigenvalue weighted by atomic mass is 9.91. The summed E-state index contributed by atoms with van der Waals surface area (Å²) in [6, 6.07) is 4.51. The predicted octanol–water partition coefficient (Wildman–Crippen LogP) is 2.89. The first kappa shape index (κ1) is 13.5. The van der Waals surface area contributed by atoms with E-state index in [9.17, 15) is 14.9 Å². The molecule has 0 bridgehead atoms. The SMILES string of the molecule is CC1CC(C)CN(c2ccc([N+](=O)[O-])cc2C=O)C1. The van der Waals surface area contributed by atoms with Gasteiger partial charge >= 0.3 is 0 Å². The van der Waals surface area contributed by atoms with Crippen molar-refractivity contribution in [2.75, 3.05) is 18.0 Å². The van der Waals surface area contributed by atoms with Gasteiger partial charge in [0.05, 0.1) is 4.92 Å². The van der Waals surface area contributed by atoms with Crippen LogP contribution in [0.1, 0.15) is 30.6 Å². The molecule has 5 nitrogen and oxygen atoms in total. The monoisotopic (exact) mass is 262 g/mol.